The molecule has 0 spiro atoms. The monoisotopic (exact) mass is 382 g/mol. The first-order valence-electron chi connectivity index (χ1n) is 8.20. The summed E-state index contributed by atoms with van der Waals surface area (Å²) >= 11 is 1.48. The minimum Gasteiger partial charge on any atom is -0.497 e. The Kier molecular flexibility index (Phi) is 4.64. The highest BCUT2D eigenvalue weighted by Crippen LogP contribution is 2.37. The lowest BCUT2D eigenvalue weighted by Crippen LogP contribution is -2.19. The number of hydrogen-bond acceptors (Lipinski definition) is 7. The van der Waals surface area contributed by atoms with Crippen LogP contribution in [0.2, 0.25) is 0 Å². The van der Waals surface area contributed by atoms with E-state index in [4.69, 9.17) is 14.2 Å². The van der Waals surface area contributed by atoms with Crippen LogP contribution in [0.5, 0.6) is 17.2 Å². The van der Waals surface area contributed by atoms with Gasteiger partial charge >= 0.3 is 0 Å². The second kappa shape index (κ2) is 7.24. The summed E-state index contributed by atoms with van der Waals surface area (Å²) in [5, 5.41) is 11.3. The second-order valence-corrected chi connectivity index (χ2v) is 6.51. The Morgan fingerprint density at radius 3 is 2.44 bits per heavy atom. The van der Waals surface area contributed by atoms with Crippen LogP contribution in [0.15, 0.2) is 53.0 Å². The van der Waals surface area contributed by atoms with Crippen LogP contribution in [-0.4, -0.2) is 36.2 Å². The van der Waals surface area contributed by atoms with Crippen LogP contribution in [-0.2, 0) is 0 Å². The Hall–Kier alpha value is -3.13. The summed E-state index contributed by atoms with van der Waals surface area (Å²) in [6, 6.07) is 13.4. The Balaban J connectivity index is 1.75. The number of thioether (sulfide) groups is 1. The van der Waals surface area contributed by atoms with Crippen LogP contribution in [0.4, 0.5) is 0 Å². The fourth-order valence-electron chi connectivity index (χ4n) is 2.86. The Labute approximate surface area is 160 Å². The topological polar surface area (TPSA) is 70.4 Å². The van der Waals surface area contributed by atoms with Gasteiger partial charge in [-0.3, -0.25) is 5.43 Å². The summed E-state index contributed by atoms with van der Waals surface area (Å²) in [5.74, 6) is 2.89. The van der Waals surface area contributed by atoms with Crippen molar-refractivity contribution >= 4 is 17.5 Å². The number of hydrogen-bond donors (Lipinski definition) is 1. The smallest absolute Gasteiger partial charge is 0.214 e. The quantitative estimate of drug-likeness (QED) is 0.723. The Morgan fingerprint density at radius 1 is 0.889 bits per heavy atom. The van der Waals surface area contributed by atoms with Gasteiger partial charge in [0.2, 0.25) is 5.16 Å². The number of benzene rings is 2. The number of nitrogens with one attached hydrogen (secondary N) is 1. The summed E-state index contributed by atoms with van der Waals surface area (Å²) in [4.78, 5) is 0. The van der Waals surface area contributed by atoms with Gasteiger partial charge in [0.05, 0.1) is 32.6 Å². The van der Waals surface area contributed by atoms with Crippen molar-refractivity contribution in [3.05, 3.63) is 53.4 Å². The minimum absolute atomic E-state index is 0.669. The second-order valence-electron chi connectivity index (χ2n) is 5.67. The molecular formula is C19H18N4O3S. The molecule has 138 valence electrons. The molecule has 1 aliphatic rings. The maximum Gasteiger partial charge on any atom is 0.214 e. The first kappa shape index (κ1) is 17.3. The van der Waals surface area contributed by atoms with Crippen molar-refractivity contribution in [1.82, 2.24) is 14.9 Å². The highest BCUT2D eigenvalue weighted by molar-refractivity contribution is 8.02. The van der Waals surface area contributed by atoms with E-state index in [1.165, 1.54) is 11.8 Å². The number of rotatable bonds is 5. The predicted molar refractivity (Wildman–Crippen MR) is 105 cm³/mol. The van der Waals surface area contributed by atoms with Crippen LogP contribution >= 0.6 is 11.8 Å². The minimum atomic E-state index is 0.669. The lowest BCUT2D eigenvalue weighted by Gasteiger charge is -2.21. The van der Waals surface area contributed by atoms with E-state index in [1.807, 2.05) is 52.5 Å². The molecule has 0 amide bonds. The van der Waals surface area contributed by atoms with Crippen molar-refractivity contribution in [3.63, 3.8) is 0 Å². The molecule has 2 heterocycles. The lowest BCUT2D eigenvalue weighted by molar-refractivity contribution is 0.402. The van der Waals surface area contributed by atoms with Crippen LogP contribution in [0, 0.1) is 0 Å². The molecule has 1 aliphatic heterocycles. The number of fused-ring (bicyclic) bond motifs is 1. The van der Waals surface area contributed by atoms with Gasteiger partial charge in [-0.25, -0.2) is 4.68 Å². The van der Waals surface area contributed by atoms with E-state index in [9.17, 15) is 0 Å². The standard InChI is InChI=1S/C19H18N4O3S/c1-24-12-8-9-17(26-3)14(10-12)15-11-27-19-21-20-18(23(19)22-15)13-6-4-5-7-16(13)25-2/h4-11,22H,1-3H3. The molecule has 4 rings (SSSR count). The highest BCUT2D eigenvalue weighted by atomic mass is 32.2. The summed E-state index contributed by atoms with van der Waals surface area (Å²) in [5.41, 5.74) is 5.98. The third-order valence-corrected chi connectivity index (χ3v) is 5.02. The Bertz CT molecular complexity index is 1020. The number of methoxy groups -OCH3 is 3. The maximum absolute atomic E-state index is 5.51. The van der Waals surface area contributed by atoms with E-state index in [-0.39, 0.29) is 0 Å². The van der Waals surface area contributed by atoms with Crippen LogP contribution in [0.3, 0.4) is 0 Å². The van der Waals surface area contributed by atoms with Gasteiger partial charge in [0.15, 0.2) is 5.82 Å². The maximum atomic E-state index is 5.51. The molecule has 0 saturated heterocycles. The predicted octanol–water partition coefficient (Wildman–Crippen LogP) is 3.62. The zero-order valence-corrected chi connectivity index (χ0v) is 15.9. The van der Waals surface area contributed by atoms with Crippen LogP contribution < -0.4 is 19.6 Å². The van der Waals surface area contributed by atoms with Crippen LogP contribution in [0.25, 0.3) is 17.1 Å². The van der Waals surface area contributed by atoms with Crippen molar-refractivity contribution in [2.24, 2.45) is 0 Å². The van der Waals surface area contributed by atoms with Crippen molar-refractivity contribution in [2.75, 3.05) is 26.8 Å². The average Bonchev–Trinajstić information content (AvgIpc) is 3.16. The largest absolute Gasteiger partial charge is 0.497 e. The first-order chi connectivity index (χ1) is 13.2. The molecule has 0 saturated carbocycles. The summed E-state index contributed by atoms with van der Waals surface area (Å²) in [6.45, 7) is 0. The molecule has 0 atom stereocenters. The zero-order chi connectivity index (χ0) is 18.8. The fraction of sp³-hybridized carbons (Fsp3) is 0.158. The van der Waals surface area contributed by atoms with Crippen molar-refractivity contribution in [1.29, 1.82) is 0 Å². The van der Waals surface area contributed by atoms with Gasteiger partial charge in [0, 0.05) is 11.0 Å². The van der Waals surface area contributed by atoms with E-state index in [0.29, 0.717) is 5.82 Å². The molecule has 8 heteroatoms. The summed E-state index contributed by atoms with van der Waals surface area (Å²) < 4.78 is 18.2. The zero-order valence-electron chi connectivity index (χ0n) is 15.1. The van der Waals surface area contributed by atoms with E-state index >= 15 is 0 Å². The molecule has 0 aliphatic carbocycles. The third kappa shape index (κ3) is 3.08. The van der Waals surface area contributed by atoms with E-state index in [0.717, 1.165) is 39.2 Å². The van der Waals surface area contributed by atoms with Crippen molar-refractivity contribution in [3.8, 4) is 28.6 Å². The number of aromatic nitrogens is 3. The van der Waals surface area contributed by atoms with E-state index in [1.54, 1.807) is 21.3 Å². The lowest BCUT2D eigenvalue weighted by atomic mass is 10.1. The summed E-state index contributed by atoms with van der Waals surface area (Å²) in [6.07, 6.45) is 0. The highest BCUT2D eigenvalue weighted by Gasteiger charge is 2.23. The molecule has 2 aromatic carbocycles. The molecule has 7 nitrogen and oxygen atoms in total. The summed E-state index contributed by atoms with van der Waals surface area (Å²) in [7, 11) is 4.92. The fourth-order valence-corrected chi connectivity index (χ4v) is 3.59. The molecular weight excluding hydrogens is 364 g/mol. The average molecular weight is 382 g/mol. The van der Waals surface area contributed by atoms with E-state index in [2.05, 4.69) is 15.6 Å². The third-order valence-electron chi connectivity index (χ3n) is 4.19. The normalized spacial score (nSPS) is 12.6. The molecule has 0 radical (unpaired) electrons. The van der Waals surface area contributed by atoms with Gasteiger partial charge in [0.25, 0.3) is 0 Å². The number of nitrogens with zero attached hydrogens (tertiary/aromatic N) is 3. The van der Waals surface area contributed by atoms with Gasteiger partial charge in [0.1, 0.15) is 17.2 Å². The van der Waals surface area contributed by atoms with Gasteiger partial charge in [-0.15, -0.1) is 10.2 Å². The van der Waals surface area contributed by atoms with Crippen molar-refractivity contribution in [2.45, 2.75) is 5.16 Å². The number of para-hydroxylation sites is 1. The molecule has 3 aromatic rings. The molecule has 1 N–H and O–H groups in total. The van der Waals surface area contributed by atoms with Gasteiger partial charge in [-0.05, 0) is 30.3 Å². The molecule has 27 heavy (non-hydrogen) atoms. The molecule has 1 aromatic heterocycles. The number of ether oxygens (including phenoxy) is 3. The van der Waals surface area contributed by atoms with Gasteiger partial charge < -0.3 is 14.2 Å². The first-order valence-corrected chi connectivity index (χ1v) is 9.08. The SMILES string of the molecule is COc1ccc(OC)c(C2=CSc3nnc(-c4ccccc4OC)n3N2)c1. The van der Waals surface area contributed by atoms with E-state index < -0.39 is 0 Å². The van der Waals surface area contributed by atoms with Gasteiger partial charge in [-0.1, -0.05) is 23.9 Å². The van der Waals surface area contributed by atoms with Gasteiger partial charge in [-0.2, -0.15) is 0 Å². The molecule has 0 fully saturated rings. The van der Waals surface area contributed by atoms with Crippen LogP contribution in [0.1, 0.15) is 5.56 Å². The Morgan fingerprint density at radius 2 is 1.67 bits per heavy atom. The molecule has 0 bridgehead atoms. The molecule has 0 unspecified atom stereocenters. The van der Waals surface area contributed by atoms with Crippen molar-refractivity contribution < 1.29 is 14.2 Å².